The molecule has 2 nitrogen and oxygen atoms in total. The lowest BCUT2D eigenvalue weighted by molar-refractivity contribution is 0.0311. The van der Waals surface area contributed by atoms with Gasteiger partial charge in [0, 0.05) is 12.1 Å². The van der Waals surface area contributed by atoms with E-state index in [2.05, 4.69) is 26.1 Å². The van der Waals surface area contributed by atoms with E-state index in [1.54, 1.807) is 0 Å². The zero-order chi connectivity index (χ0) is 11.6. The van der Waals surface area contributed by atoms with Gasteiger partial charge in [-0.15, -0.1) is 0 Å². The van der Waals surface area contributed by atoms with Crippen molar-refractivity contribution >= 4 is 0 Å². The van der Waals surface area contributed by atoms with Gasteiger partial charge in [0.15, 0.2) is 0 Å². The molecule has 15 heavy (non-hydrogen) atoms. The molecule has 0 amide bonds. The van der Waals surface area contributed by atoms with Crippen molar-refractivity contribution in [3.8, 4) is 0 Å². The second kappa shape index (κ2) is 4.84. The predicted molar refractivity (Wildman–Crippen MR) is 64.9 cm³/mol. The highest BCUT2D eigenvalue weighted by Crippen LogP contribution is 2.30. The number of hydrogen-bond acceptors (Lipinski definition) is 2. The van der Waals surface area contributed by atoms with Gasteiger partial charge in [-0.2, -0.15) is 0 Å². The third kappa shape index (κ3) is 3.46. The summed E-state index contributed by atoms with van der Waals surface area (Å²) in [5, 5.41) is 13.5. The molecule has 0 aromatic rings. The van der Waals surface area contributed by atoms with Crippen LogP contribution in [0.2, 0.25) is 0 Å². The predicted octanol–water partition coefficient (Wildman–Crippen LogP) is 2.56. The maximum Gasteiger partial charge on any atom is 0.0741 e. The van der Waals surface area contributed by atoms with Crippen molar-refractivity contribution in [3.05, 3.63) is 0 Å². The molecule has 2 N–H and O–H groups in total. The van der Waals surface area contributed by atoms with E-state index < -0.39 is 5.60 Å². The lowest BCUT2D eigenvalue weighted by Gasteiger charge is -2.39. The fourth-order valence-electron chi connectivity index (χ4n) is 2.34. The molecule has 4 atom stereocenters. The van der Waals surface area contributed by atoms with Crippen LogP contribution >= 0.6 is 0 Å². The maximum absolute atomic E-state index is 9.91. The molecule has 90 valence electrons. The number of nitrogens with one attached hydrogen (secondary N) is 1. The molecule has 0 aliphatic heterocycles. The molecule has 0 aromatic carbocycles. The van der Waals surface area contributed by atoms with Gasteiger partial charge in [-0.3, -0.25) is 0 Å². The molecule has 0 spiro atoms. The monoisotopic (exact) mass is 213 g/mol. The second-order valence-electron chi connectivity index (χ2n) is 5.92. The van der Waals surface area contributed by atoms with Crippen molar-refractivity contribution in [2.24, 2.45) is 11.8 Å². The van der Waals surface area contributed by atoms with Crippen molar-refractivity contribution in [1.82, 2.24) is 5.32 Å². The first-order valence-corrected chi connectivity index (χ1v) is 6.30. The molecule has 0 aromatic heterocycles. The summed E-state index contributed by atoms with van der Waals surface area (Å²) in [5.74, 6) is 1.54. The minimum absolute atomic E-state index is 0.162. The van der Waals surface area contributed by atoms with Gasteiger partial charge in [-0.1, -0.05) is 26.7 Å². The Bertz CT molecular complexity index is 197. The molecule has 1 rings (SSSR count). The van der Waals surface area contributed by atoms with Crippen molar-refractivity contribution in [2.75, 3.05) is 0 Å². The number of rotatable bonds is 3. The van der Waals surface area contributed by atoms with Crippen LogP contribution in [0, 0.1) is 11.8 Å². The van der Waals surface area contributed by atoms with E-state index in [-0.39, 0.29) is 6.04 Å². The molecule has 4 unspecified atom stereocenters. The minimum Gasteiger partial charge on any atom is -0.389 e. The van der Waals surface area contributed by atoms with E-state index in [0.29, 0.717) is 6.04 Å². The van der Waals surface area contributed by atoms with Gasteiger partial charge < -0.3 is 10.4 Å². The Kier molecular flexibility index (Phi) is 4.19. The molecular weight excluding hydrogens is 186 g/mol. The summed E-state index contributed by atoms with van der Waals surface area (Å²) in [7, 11) is 0. The Morgan fingerprint density at radius 1 is 1.27 bits per heavy atom. The Hall–Kier alpha value is -0.0800. The highest BCUT2D eigenvalue weighted by Gasteiger charge is 2.31. The van der Waals surface area contributed by atoms with Crippen LogP contribution in [0.5, 0.6) is 0 Å². The Balaban J connectivity index is 2.50. The van der Waals surface area contributed by atoms with Crippen molar-refractivity contribution in [2.45, 2.75) is 71.6 Å². The third-order valence-electron chi connectivity index (χ3n) is 4.23. The molecule has 2 heteroatoms. The molecule has 1 fully saturated rings. The number of aliphatic hydroxyl groups is 1. The summed E-state index contributed by atoms with van der Waals surface area (Å²) in [5.41, 5.74) is -0.625. The molecule has 0 radical (unpaired) electrons. The van der Waals surface area contributed by atoms with Gasteiger partial charge in [0.2, 0.25) is 0 Å². The topological polar surface area (TPSA) is 32.3 Å². The first-order valence-electron chi connectivity index (χ1n) is 6.30. The highest BCUT2D eigenvalue weighted by molar-refractivity contribution is 4.88. The average molecular weight is 213 g/mol. The Labute approximate surface area is 94.5 Å². The smallest absolute Gasteiger partial charge is 0.0741 e. The van der Waals surface area contributed by atoms with Gasteiger partial charge in [0.1, 0.15) is 0 Å². The molecule has 0 heterocycles. The zero-order valence-electron chi connectivity index (χ0n) is 10.9. The fourth-order valence-corrected chi connectivity index (χ4v) is 2.34. The Morgan fingerprint density at radius 2 is 1.87 bits per heavy atom. The van der Waals surface area contributed by atoms with Crippen LogP contribution in [-0.4, -0.2) is 22.8 Å². The highest BCUT2D eigenvalue weighted by atomic mass is 16.3. The molecular formula is C13H27NO. The van der Waals surface area contributed by atoms with Crippen LogP contribution in [0.25, 0.3) is 0 Å². The SMILES string of the molecule is CC1CCCC(NC(C)C(C)(C)O)C1C. The van der Waals surface area contributed by atoms with Crippen LogP contribution in [0.15, 0.2) is 0 Å². The fraction of sp³-hybridized carbons (Fsp3) is 1.00. The van der Waals surface area contributed by atoms with Crippen LogP contribution in [0.1, 0.15) is 53.9 Å². The normalized spacial score (nSPS) is 35.2. The van der Waals surface area contributed by atoms with E-state index in [9.17, 15) is 5.11 Å². The summed E-state index contributed by atoms with van der Waals surface area (Å²) >= 11 is 0. The lowest BCUT2D eigenvalue weighted by atomic mass is 9.77. The van der Waals surface area contributed by atoms with Crippen molar-refractivity contribution in [1.29, 1.82) is 0 Å². The molecule has 0 bridgehead atoms. The molecule has 1 aliphatic rings. The van der Waals surface area contributed by atoms with Gasteiger partial charge >= 0.3 is 0 Å². The van der Waals surface area contributed by atoms with Gasteiger partial charge in [-0.05, 0) is 39.0 Å². The van der Waals surface area contributed by atoms with Gasteiger partial charge in [0.25, 0.3) is 0 Å². The van der Waals surface area contributed by atoms with Crippen LogP contribution in [0.4, 0.5) is 0 Å². The van der Waals surface area contributed by atoms with Gasteiger partial charge in [-0.25, -0.2) is 0 Å². The third-order valence-corrected chi connectivity index (χ3v) is 4.23. The van der Waals surface area contributed by atoms with E-state index >= 15 is 0 Å². The standard InChI is InChI=1S/C13H27NO/c1-9-7-6-8-12(10(9)2)14-11(3)13(4,5)15/h9-12,14-15H,6-8H2,1-5H3. The summed E-state index contributed by atoms with van der Waals surface area (Å²) in [6, 6.07) is 0.741. The van der Waals surface area contributed by atoms with Crippen molar-refractivity contribution < 1.29 is 5.11 Å². The average Bonchev–Trinajstić information content (AvgIpc) is 2.11. The maximum atomic E-state index is 9.91. The first-order chi connectivity index (χ1) is 6.82. The molecule has 1 aliphatic carbocycles. The van der Waals surface area contributed by atoms with Crippen LogP contribution in [-0.2, 0) is 0 Å². The van der Waals surface area contributed by atoms with E-state index in [0.717, 1.165) is 11.8 Å². The van der Waals surface area contributed by atoms with Crippen molar-refractivity contribution in [3.63, 3.8) is 0 Å². The Morgan fingerprint density at radius 3 is 2.40 bits per heavy atom. The minimum atomic E-state index is -0.625. The summed E-state index contributed by atoms with van der Waals surface area (Å²) in [6.45, 7) is 10.5. The van der Waals surface area contributed by atoms with E-state index in [4.69, 9.17) is 0 Å². The van der Waals surface area contributed by atoms with Crippen LogP contribution < -0.4 is 5.32 Å². The van der Waals surface area contributed by atoms with Gasteiger partial charge in [0.05, 0.1) is 5.60 Å². The largest absolute Gasteiger partial charge is 0.389 e. The van der Waals surface area contributed by atoms with Crippen LogP contribution in [0.3, 0.4) is 0 Å². The van der Waals surface area contributed by atoms with E-state index in [1.807, 2.05) is 13.8 Å². The molecule has 1 saturated carbocycles. The molecule has 0 saturated heterocycles. The summed E-state index contributed by atoms with van der Waals surface area (Å²) < 4.78 is 0. The summed E-state index contributed by atoms with van der Waals surface area (Å²) in [4.78, 5) is 0. The first kappa shape index (κ1) is 13.0. The zero-order valence-corrected chi connectivity index (χ0v) is 10.9. The lowest BCUT2D eigenvalue weighted by Crippen LogP contribution is -2.52. The summed E-state index contributed by atoms with van der Waals surface area (Å²) in [6.07, 6.45) is 3.93. The number of hydrogen-bond donors (Lipinski definition) is 2. The second-order valence-corrected chi connectivity index (χ2v) is 5.92. The van der Waals surface area contributed by atoms with E-state index in [1.165, 1.54) is 19.3 Å². The quantitative estimate of drug-likeness (QED) is 0.755.